The number of hydrogen-bond donors (Lipinski definition) is 1. The van der Waals surface area contributed by atoms with Gasteiger partial charge in [0.1, 0.15) is 0 Å². The Morgan fingerprint density at radius 3 is 2.23 bits per heavy atom. The van der Waals surface area contributed by atoms with Crippen LogP contribution < -0.4 is 0 Å². The smallest absolute Gasteiger partial charge is 0.416 e. The highest BCUT2D eigenvalue weighted by Gasteiger charge is 2.35. The van der Waals surface area contributed by atoms with Crippen molar-refractivity contribution in [2.75, 3.05) is 6.54 Å². The summed E-state index contributed by atoms with van der Waals surface area (Å²) in [5, 5.41) is 8.95. The van der Waals surface area contributed by atoms with Gasteiger partial charge in [-0.25, -0.2) is 0 Å². The molecule has 120 valence electrons. The first-order valence-corrected chi connectivity index (χ1v) is 6.91. The van der Waals surface area contributed by atoms with Gasteiger partial charge in [0.25, 0.3) is 5.91 Å². The summed E-state index contributed by atoms with van der Waals surface area (Å²) >= 11 is 0. The van der Waals surface area contributed by atoms with Crippen molar-refractivity contribution in [1.29, 1.82) is 0 Å². The lowest BCUT2D eigenvalue weighted by Gasteiger charge is -2.24. The monoisotopic (exact) mass is 315 g/mol. The largest absolute Gasteiger partial charge is 0.481 e. The van der Waals surface area contributed by atoms with Crippen LogP contribution in [0.25, 0.3) is 0 Å². The highest BCUT2D eigenvalue weighted by molar-refractivity contribution is 5.95. The molecule has 0 aliphatic heterocycles. The first kappa shape index (κ1) is 16.3. The van der Waals surface area contributed by atoms with Gasteiger partial charge >= 0.3 is 12.1 Å². The average Bonchev–Trinajstić information content (AvgIpc) is 3.27. The SMILES string of the molecule is C[C@@H](CN(C(=O)c1ccc(C(F)(F)F)cc1)C1CC1)C(=O)O. The summed E-state index contributed by atoms with van der Waals surface area (Å²) in [5.41, 5.74) is -0.682. The van der Waals surface area contributed by atoms with E-state index in [1.807, 2.05) is 0 Å². The molecule has 2 rings (SSSR count). The number of carboxylic acids is 1. The lowest BCUT2D eigenvalue weighted by molar-refractivity contribution is -0.141. The van der Waals surface area contributed by atoms with Crippen LogP contribution in [0, 0.1) is 5.92 Å². The molecular formula is C15H16F3NO3. The molecule has 7 heteroatoms. The maximum atomic E-state index is 12.5. The highest BCUT2D eigenvalue weighted by atomic mass is 19.4. The van der Waals surface area contributed by atoms with Crippen molar-refractivity contribution < 1.29 is 27.9 Å². The van der Waals surface area contributed by atoms with E-state index >= 15 is 0 Å². The maximum Gasteiger partial charge on any atom is 0.416 e. The van der Waals surface area contributed by atoms with Crippen molar-refractivity contribution in [1.82, 2.24) is 4.90 Å². The minimum atomic E-state index is -4.45. The number of benzene rings is 1. The zero-order chi connectivity index (χ0) is 16.5. The lowest BCUT2D eigenvalue weighted by Crippen LogP contribution is -2.38. The Bertz CT molecular complexity index is 564. The number of rotatable bonds is 5. The molecule has 1 aliphatic carbocycles. The number of alkyl halides is 3. The molecule has 0 aromatic heterocycles. The van der Waals surface area contributed by atoms with Gasteiger partial charge in [0, 0.05) is 18.2 Å². The van der Waals surface area contributed by atoms with Gasteiger partial charge in [0.2, 0.25) is 0 Å². The molecule has 4 nitrogen and oxygen atoms in total. The predicted molar refractivity (Wildman–Crippen MR) is 72.3 cm³/mol. The molecule has 1 N–H and O–H groups in total. The van der Waals surface area contributed by atoms with Crippen LogP contribution in [-0.2, 0) is 11.0 Å². The van der Waals surface area contributed by atoms with Crippen LogP contribution in [0.4, 0.5) is 13.2 Å². The standard InChI is InChI=1S/C15H16F3NO3/c1-9(14(21)22)8-19(12-6-7-12)13(20)10-2-4-11(5-3-10)15(16,17)18/h2-5,9,12H,6-8H2,1H3,(H,21,22)/t9-/m0/s1. The fourth-order valence-electron chi connectivity index (χ4n) is 2.12. The van der Waals surface area contributed by atoms with Gasteiger partial charge in [-0.2, -0.15) is 13.2 Å². The van der Waals surface area contributed by atoms with E-state index < -0.39 is 29.5 Å². The molecule has 1 aliphatic rings. The van der Waals surface area contributed by atoms with Gasteiger partial charge in [-0.1, -0.05) is 6.92 Å². The van der Waals surface area contributed by atoms with Crippen molar-refractivity contribution in [3.8, 4) is 0 Å². The molecule has 0 unspecified atom stereocenters. The molecule has 1 aromatic rings. The minimum absolute atomic E-state index is 0.0170. The number of carboxylic acid groups (broad SMARTS) is 1. The third-order valence-corrected chi connectivity index (χ3v) is 3.60. The van der Waals surface area contributed by atoms with E-state index in [9.17, 15) is 22.8 Å². The summed E-state index contributed by atoms with van der Waals surface area (Å²) in [6.07, 6.45) is -2.87. The van der Waals surface area contributed by atoms with Crippen molar-refractivity contribution >= 4 is 11.9 Å². The summed E-state index contributed by atoms with van der Waals surface area (Å²) in [6.45, 7) is 1.55. The second-order valence-corrected chi connectivity index (χ2v) is 5.50. The summed E-state index contributed by atoms with van der Waals surface area (Å²) in [6, 6.07) is 3.96. The molecule has 1 fully saturated rings. The van der Waals surface area contributed by atoms with Gasteiger partial charge in [0.05, 0.1) is 11.5 Å². The molecule has 1 amide bonds. The van der Waals surface area contributed by atoms with Crippen LogP contribution in [0.2, 0.25) is 0 Å². The van der Waals surface area contributed by atoms with Crippen molar-refractivity contribution in [2.45, 2.75) is 32.0 Å². The number of halogens is 3. The first-order chi connectivity index (χ1) is 10.2. The number of nitrogens with zero attached hydrogens (tertiary/aromatic N) is 1. The Balaban J connectivity index is 2.15. The Labute approximate surface area is 125 Å². The van der Waals surface area contributed by atoms with Crippen molar-refractivity contribution in [3.05, 3.63) is 35.4 Å². The topological polar surface area (TPSA) is 57.6 Å². The number of amides is 1. The van der Waals surface area contributed by atoms with Crippen LogP contribution in [0.15, 0.2) is 24.3 Å². The predicted octanol–water partition coefficient (Wildman–Crippen LogP) is 3.03. The second-order valence-electron chi connectivity index (χ2n) is 5.50. The third kappa shape index (κ3) is 3.78. The van der Waals surface area contributed by atoms with Gasteiger partial charge in [-0.05, 0) is 37.1 Å². The molecular weight excluding hydrogens is 299 g/mol. The third-order valence-electron chi connectivity index (χ3n) is 3.60. The van der Waals surface area contributed by atoms with Gasteiger partial charge in [-0.15, -0.1) is 0 Å². The minimum Gasteiger partial charge on any atom is -0.481 e. The molecule has 0 heterocycles. The molecule has 0 spiro atoms. The van der Waals surface area contributed by atoms with E-state index in [0.29, 0.717) is 0 Å². The normalized spacial score (nSPS) is 16.2. The van der Waals surface area contributed by atoms with E-state index in [4.69, 9.17) is 5.11 Å². The molecule has 1 aromatic carbocycles. The Kier molecular flexibility index (Phi) is 4.44. The van der Waals surface area contributed by atoms with Gasteiger partial charge in [0.15, 0.2) is 0 Å². The fraction of sp³-hybridized carbons (Fsp3) is 0.467. The van der Waals surface area contributed by atoms with E-state index in [2.05, 4.69) is 0 Å². The average molecular weight is 315 g/mol. The molecule has 0 bridgehead atoms. The number of carbonyl (C=O) groups is 2. The fourth-order valence-corrected chi connectivity index (χ4v) is 2.12. The Morgan fingerprint density at radius 2 is 1.82 bits per heavy atom. The van der Waals surface area contributed by atoms with Crippen LogP contribution in [-0.4, -0.2) is 34.5 Å². The van der Waals surface area contributed by atoms with Gasteiger partial charge < -0.3 is 10.0 Å². The molecule has 22 heavy (non-hydrogen) atoms. The van der Waals surface area contributed by atoms with Crippen LogP contribution in [0.3, 0.4) is 0 Å². The zero-order valence-electron chi connectivity index (χ0n) is 11.9. The molecule has 0 radical (unpaired) electrons. The number of aliphatic carboxylic acids is 1. The molecule has 1 saturated carbocycles. The Hall–Kier alpha value is -2.05. The highest BCUT2D eigenvalue weighted by Crippen LogP contribution is 2.31. The molecule has 1 atom stereocenters. The zero-order valence-corrected chi connectivity index (χ0v) is 11.9. The molecule has 0 saturated heterocycles. The van der Waals surface area contributed by atoms with Crippen molar-refractivity contribution in [3.63, 3.8) is 0 Å². The van der Waals surface area contributed by atoms with E-state index in [1.54, 1.807) is 0 Å². The summed E-state index contributed by atoms with van der Waals surface area (Å²) in [4.78, 5) is 24.8. The lowest BCUT2D eigenvalue weighted by atomic mass is 10.1. The van der Waals surface area contributed by atoms with E-state index in [-0.39, 0.29) is 18.2 Å². The quantitative estimate of drug-likeness (QED) is 0.908. The van der Waals surface area contributed by atoms with E-state index in [1.165, 1.54) is 11.8 Å². The summed E-state index contributed by atoms with van der Waals surface area (Å²) in [5.74, 6) is -2.16. The Morgan fingerprint density at radius 1 is 1.27 bits per heavy atom. The van der Waals surface area contributed by atoms with E-state index in [0.717, 1.165) is 37.1 Å². The number of carbonyl (C=O) groups excluding carboxylic acids is 1. The first-order valence-electron chi connectivity index (χ1n) is 6.91. The van der Waals surface area contributed by atoms with Crippen LogP contribution in [0.5, 0.6) is 0 Å². The van der Waals surface area contributed by atoms with Gasteiger partial charge in [-0.3, -0.25) is 9.59 Å². The number of hydrogen-bond acceptors (Lipinski definition) is 2. The van der Waals surface area contributed by atoms with Crippen molar-refractivity contribution in [2.24, 2.45) is 5.92 Å². The van der Waals surface area contributed by atoms with Crippen LogP contribution in [0.1, 0.15) is 35.7 Å². The summed E-state index contributed by atoms with van der Waals surface area (Å²) in [7, 11) is 0. The van der Waals surface area contributed by atoms with Crippen LogP contribution >= 0.6 is 0 Å². The summed E-state index contributed by atoms with van der Waals surface area (Å²) < 4.78 is 37.6. The maximum absolute atomic E-state index is 12.5. The second kappa shape index (κ2) is 5.98.